The zero-order valence-corrected chi connectivity index (χ0v) is 15.2. The van der Waals surface area contributed by atoms with Crippen molar-refractivity contribution in [3.8, 4) is 11.5 Å². The third-order valence-corrected chi connectivity index (χ3v) is 5.31. The van der Waals surface area contributed by atoms with Gasteiger partial charge in [0.1, 0.15) is 10.6 Å². The number of Topliss-reactive ketones (excluding diaryl/α,β-unsaturated/α-hetero) is 1. The molecule has 5 nitrogen and oxygen atoms in total. The van der Waals surface area contributed by atoms with Gasteiger partial charge in [0.15, 0.2) is 11.5 Å². The van der Waals surface area contributed by atoms with Crippen LogP contribution < -0.4 is 8.92 Å². The van der Waals surface area contributed by atoms with Crippen LogP contribution in [-0.4, -0.2) is 21.3 Å². The Balaban J connectivity index is 2.47. The van der Waals surface area contributed by atoms with E-state index in [0.29, 0.717) is 5.75 Å². The zero-order chi connectivity index (χ0) is 17.2. The largest absolute Gasteiger partial charge is 0.497 e. The fourth-order valence-electron chi connectivity index (χ4n) is 1.93. The molecule has 122 valence electrons. The SMILES string of the molecule is COc1ccc(C(C)=O)c(OS(=O)(=O)c2ccc(Br)c(C)c2)c1. The van der Waals surface area contributed by atoms with Crippen molar-refractivity contribution in [2.75, 3.05) is 7.11 Å². The number of halogens is 1. The fraction of sp³-hybridized carbons (Fsp3) is 0.188. The highest BCUT2D eigenvalue weighted by molar-refractivity contribution is 9.10. The van der Waals surface area contributed by atoms with Crippen molar-refractivity contribution in [3.63, 3.8) is 0 Å². The van der Waals surface area contributed by atoms with Crippen LogP contribution in [0.25, 0.3) is 0 Å². The predicted octanol–water partition coefficient (Wildman–Crippen LogP) is 3.74. The Kier molecular flexibility index (Phi) is 5.11. The fourth-order valence-corrected chi connectivity index (χ4v) is 3.20. The van der Waals surface area contributed by atoms with E-state index in [1.165, 1.54) is 38.3 Å². The summed E-state index contributed by atoms with van der Waals surface area (Å²) in [6, 6.07) is 8.97. The number of aryl methyl sites for hydroxylation is 1. The first kappa shape index (κ1) is 17.5. The average molecular weight is 399 g/mol. The van der Waals surface area contributed by atoms with Crippen molar-refractivity contribution in [2.45, 2.75) is 18.7 Å². The van der Waals surface area contributed by atoms with Crippen LogP contribution in [0.2, 0.25) is 0 Å². The molecular weight excluding hydrogens is 384 g/mol. The number of hydrogen-bond donors (Lipinski definition) is 0. The first-order chi connectivity index (χ1) is 10.7. The Hall–Kier alpha value is -1.86. The van der Waals surface area contributed by atoms with E-state index in [-0.39, 0.29) is 22.0 Å². The monoisotopic (exact) mass is 398 g/mol. The van der Waals surface area contributed by atoms with E-state index in [0.717, 1.165) is 10.0 Å². The lowest BCUT2D eigenvalue weighted by atomic mass is 10.1. The number of ketones is 1. The molecule has 0 saturated heterocycles. The van der Waals surface area contributed by atoms with Gasteiger partial charge in [0, 0.05) is 10.5 Å². The normalized spacial score (nSPS) is 11.1. The van der Waals surface area contributed by atoms with E-state index in [1.807, 2.05) is 0 Å². The molecule has 0 aliphatic heterocycles. The number of carbonyl (C=O) groups is 1. The lowest BCUT2D eigenvalue weighted by Crippen LogP contribution is -2.12. The summed E-state index contributed by atoms with van der Waals surface area (Å²) in [7, 11) is -2.62. The number of rotatable bonds is 5. The highest BCUT2D eigenvalue weighted by atomic mass is 79.9. The maximum Gasteiger partial charge on any atom is 0.339 e. The Morgan fingerprint density at radius 2 is 1.83 bits per heavy atom. The molecule has 0 amide bonds. The second-order valence-electron chi connectivity index (χ2n) is 4.87. The van der Waals surface area contributed by atoms with Crippen LogP contribution in [0.3, 0.4) is 0 Å². The molecule has 0 radical (unpaired) electrons. The molecule has 7 heteroatoms. The molecule has 2 rings (SSSR count). The molecular formula is C16H15BrO5S. The number of ether oxygens (including phenoxy) is 1. The van der Waals surface area contributed by atoms with E-state index in [1.54, 1.807) is 19.1 Å². The van der Waals surface area contributed by atoms with Gasteiger partial charge >= 0.3 is 10.1 Å². The van der Waals surface area contributed by atoms with Crippen LogP contribution in [0.4, 0.5) is 0 Å². The lowest BCUT2D eigenvalue weighted by molar-refractivity contribution is 0.101. The van der Waals surface area contributed by atoms with Gasteiger partial charge in [0.25, 0.3) is 0 Å². The van der Waals surface area contributed by atoms with Crippen molar-refractivity contribution in [3.05, 3.63) is 52.0 Å². The molecule has 0 aliphatic rings. The molecule has 0 spiro atoms. The van der Waals surface area contributed by atoms with Crippen molar-refractivity contribution in [1.29, 1.82) is 0 Å². The number of hydrogen-bond acceptors (Lipinski definition) is 5. The molecule has 0 aliphatic carbocycles. The topological polar surface area (TPSA) is 69.7 Å². The summed E-state index contributed by atoms with van der Waals surface area (Å²) in [5.74, 6) is 0.0365. The number of benzene rings is 2. The molecule has 0 saturated carbocycles. The first-order valence-electron chi connectivity index (χ1n) is 6.64. The molecule has 0 heterocycles. The second-order valence-corrected chi connectivity index (χ2v) is 7.27. The molecule has 0 bridgehead atoms. The Morgan fingerprint density at radius 3 is 2.39 bits per heavy atom. The Labute approximate surface area is 143 Å². The van der Waals surface area contributed by atoms with Crippen molar-refractivity contribution in [1.82, 2.24) is 0 Å². The number of methoxy groups -OCH3 is 1. The van der Waals surface area contributed by atoms with Gasteiger partial charge in [-0.25, -0.2) is 0 Å². The molecule has 2 aromatic carbocycles. The molecule has 0 aromatic heterocycles. The van der Waals surface area contributed by atoms with Crippen molar-refractivity contribution < 1.29 is 22.1 Å². The third kappa shape index (κ3) is 3.92. The van der Waals surface area contributed by atoms with Gasteiger partial charge in [0.2, 0.25) is 0 Å². The summed E-state index contributed by atoms with van der Waals surface area (Å²) < 4.78 is 35.9. The van der Waals surface area contributed by atoms with E-state index >= 15 is 0 Å². The summed E-state index contributed by atoms with van der Waals surface area (Å²) in [6.07, 6.45) is 0. The molecule has 0 fully saturated rings. The zero-order valence-electron chi connectivity index (χ0n) is 12.8. The van der Waals surface area contributed by atoms with Crippen LogP contribution in [0, 0.1) is 6.92 Å². The third-order valence-electron chi connectivity index (χ3n) is 3.19. The van der Waals surface area contributed by atoms with E-state index < -0.39 is 10.1 Å². The van der Waals surface area contributed by atoms with Gasteiger partial charge in [0.05, 0.1) is 12.7 Å². The van der Waals surface area contributed by atoms with Gasteiger partial charge in [-0.1, -0.05) is 15.9 Å². The lowest BCUT2D eigenvalue weighted by Gasteiger charge is -2.12. The smallest absolute Gasteiger partial charge is 0.339 e. The van der Waals surface area contributed by atoms with Gasteiger partial charge in [-0.05, 0) is 49.7 Å². The van der Waals surface area contributed by atoms with Gasteiger partial charge < -0.3 is 8.92 Å². The minimum absolute atomic E-state index is 0.00974. The minimum Gasteiger partial charge on any atom is -0.497 e. The Morgan fingerprint density at radius 1 is 1.13 bits per heavy atom. The van der Waals surface area contributed by atoms with Crippen molar-refractivity contribution in [2.24, 2.45) is 0 Å². The number of carbonyl (C=O) groups excluding carboxylic acids is 1. The Bertz CT molecular complexity index is 859. The highest BCUT2D eigenvalue weighted by Gasteiger charge is 2.21. The molecule has 2 aromatic rings. The summed E-state index contributed by atoms with van der Waals surface area (Å²) in [5, 5.41) is 0. The molecule has 0 N–H and O–H groups in total. The molecule has 0 unspecified atom stereocenters. The van der Waals surface area contributed by atoms with E-state index in [9.17, 15) is 13.2 Å². The summed E-state index contributed by atoms with van der Waals surface area (Å²) in [4.78, 5) is 11.7. The average Bonchev–Trinajstić information content (AvgIpc) is 2.49. The first-order valence-corrected chi connectivity index (χ1v) is 8.84. The van der Waals surface area contributed by atoms with E-state index in [4.69, 9.17) is 8.92 Å². The highest BCUT2D eigenvalue weighted by Crippen LogP contribution is 2.29. The van der Waals surface area contributed by atoms with Crippen molar-refractivity contribution >= 4 is 31.8 Å². The van der Waals surface area contributed by atoms with Gasteiger partial charge in [-0.15, -0.1) is 0 Å². The van der Waals surface area contributed by atoms with Crippen LogP contribution in [-0.2, 0) is 10.1 Å². The van der Waals surface area contributed by atoms with Crippen LogP contribution >= 0.6 is 15.9 Å². The summed E-state index contributed by atoms with van der Waals surface area (Å²) >= 11 is 3.32. The second kappa shape index (κ2) is 6.72. The van der Waals surface area contributed by atoms with Crippen LogP contribution in [0.1, 0.15) is 22.8 Å². The van der Waals surface area contributed by atoms with Crippen LogP contribution in [0.15, 0.2) is 45.8 Å². The summed E-state index contributed by atoms with van der Waals surface area (Å²) in [6.45, 7) is 3.11. The maximum absolute atomic E-state index is 12.4. The summed E-state index contributed by atoms with van der Waals surface area (Å²) in [5.41, 5.74) is 0.926. The van der Waals surface area contributed by atoms with E-state index in [2.05, 4.69) is 15.9 Å². The predicted molar refractivity (Wildman–Crippen MR) is 89.7 cm³/mol. The standard InChI is InChI=1S/C16H15BrO5S/c1-10-8-13(5-7-15(10)17)23(19,20)22-16-9-12(21-3)4-6-14(16)11(2)18/h4-9H,1-3H3. The van der Waals surface area contributed by atoms with Gasteiger partial charge in [-0.2, -0.15) is 8.42 Å². The quantitative estimate of drug-likeness (QED) is 0.566. The van der Waals surface area contributed by atoms with Crippen LogP contribution in [0.5, 0.6) is 11.5 Å². The maximum atomic E-state index is 12.4. The minimum atomic E-state index is -4.06. The van der Waals surface area contributed by atoms with Gasteiger partial charge in [-0.3, -0.25) is 4.79 Å². The molecule has 0 atom stereocenters. The molecule has 23 heavy (non-hydrogen) atoms.